The molecule has 7 nitrogen and oxygen atoms in total. The maximum absolute atomic E-state index is 12.1. The first-order chi connectivity index (χ1) is 9.88. The highest BCUT2D eigenvalue weighted by atomic mass is 16.4. The Morgan fingerprint density at radius 3 is 2.62 bits per heavy atom. The molecule has 3 amide bonds. The van der Waals surface area contributed by atoms with Gasteiger partial charge in [-0.15, -0.1) is 0 Å². The van der Waals surface area contributed by atoms with Crippen molar-refractivity contribution in [1.29, 1.82) is 0 Å². The summed E-state index contributed by atoms with van der Waals surface area (Å²) in [5.41, 5.74) is 1.05. The lowest BCUT2D eigenvalue weighted by Crippen LogP contribution is -2.51. The van der Waals surface area contributed by atoms with Crippen molar-refractivity contribution in [2.45, 2.75) is 6.92 Å². The van der Waals surface area contributed by atoms with Crippen LogP contribution in [0.15, 0.2) is 18.2 Å². The van der Waals surface area contributed by atoms with E-state index in [1.54, 1.807) is 31.0 Å². The standard InChI is InChI=1S/C14H17N3O4/c1-9-3-4-11(10(7-9)13(19)20)15-14(21)17-6-5-16(2)12(18)8-17/h3-4,7H,5-6,8H2,1-2H3,(H,15,21)(H,19,20). The maximum atomic E-state index is 12.1. The second-order valence-electron chi connectivity index (χ2n) is 5.02. The predicted octanol–water partition coefficient (Wildman–Crippen LogP) is 0.999. The van der Waals surface area contributed by atoms with E-state index in [2.05, 4.69) is 5.32 Å². The van der Waals surface area contributed by atoms with Gasteiger partial charge in [-0.2, -0.15) is 0 Å². The van der Waals surface area contributed by atoms with Crippen LogP contribution in [0.3, 0.4) is 0 Å². The summed E-state index contributed by atoms with van der Waals surface area (Å²) in [6.45, 7) is 2.65. The van der Waals surface area contributed by atoms with Crippen LogP contribution in [0, 0.1) is 6.92 Å². The number of carbonyl (C=O) groups excluding carboxylic acids is 2. The lowest BCUT2D eigenvalue weighted by Gasteiger charge is -2.32. The molecule has 2 rings (SSSR count). The van der Waals surface area contributed by atoms with E-state index in [0.29, 0.717) is 13.1 Å². The molecule has 1 aliphatic rings. The zero-order valence-electron chi connectivity index (χ0n) is 11.9. The van der Waals surface area contributed by atoms with E-state index in [1.165, 1.54) is 11.0 Å². The van der Waals surface area contributed by atoms with Crippen LogP contribution in [0.5, 0.6) is 0 Å². The SMILES string of the molecule is Cc1ccc(NC(=O)N2CCN(C)C(=O)C2)c(C(=O)O)c1. The van der Waals surface area contributed by atoms with Crippen LogP contribution >= 0.6 is 0 Å². The molecule has 1 heterocycles. The summed E-state index contributed by atoms with van der Waals surface area (Å²) in [7, 11) is 1.68. The lowest BCUT2D eigenvalue weighted by molar-refractivity contribution is -0.133. The highest BCUT2D eigenvalue weighted by molar-refractivity contribution is 6.01. The molecule has 112 valence electrons. The third-order valence-corrected chi connectivity index (χ3v) is 3.39. The van der Waals surface area contributed by atoms with Gasteiger partial charge in [0.25, 0.3) is 0 Å². The van der Waals surface area contributed by atoms with E-state index in [9.17, 15) is 14.4 Å². The highest BCUT2D eigenvalue weighted by Gasteiger charge is 2.25. The molecule has 21 heavy (non-hydrogen) atoms. The molecule has 0 radical (unpaired) electrons. The Kier molecular flexibility index (Phi) is 4.11. The number of carboxylic acid groups (broad SMARTS) is 1. The van der Waals surface area contributed by atoms with Gasteiger partial charge in [0.05, 0.1) is 11.3 Å². The van der Waals surface area contributed by atoms with E-state index in [1.807, 2.05) is 0 Å². The smallest absolute Gasteiger partial charge is 0.337 e. The number of aryl methyl sites for hydroxylation is 1. The van der Waals surface area contributed by atoms with Crippen molar-refractivity contribution in [2.24, 2.45) is 0 Å². The molecular weight excluding hydrogens is 274 g/mol. The largest absolute Gasteiger partial charge is 0.478 e. The Morgan fingerprint density at radius 2 is 2.00 bits per heavy atom. The number of aromatic carboxylic acids is 1. The molecule has 7 heteroatoms. The van der Waals surface area contributed by atoms with Crippen LogP contribution in [0.2, 0.25) is 0 Å². The van der Waals surface area contributed by atoms with Gasteiger partial charge in [0.2, 0.25) is 5.91 Å². The van der Waals surface area contributed by atoms with Crippen LogP contribution in [-0.4, -0.2) is 59.5 Å². The Labute approximate surface area is 122 Å². The average molecular weight is 291 g/mol. The number of amides is 3. The highest BCUT2D eigenvalue weighted by Crippen LogP contribution is 2.18. The van der Waals surface area contributed by atoms with Crippen molar-refractivity contribution in [3.05, 3.63) is 29.3 Å². The van der Waals surface area contributed by atoms with Gasteiger partial charge in [-0.25, -0.2) is 9.59 Å². The van der Waals surface area contributed by atoms with E-state index in [0.717, 1.165) is 5.56 Å². The minimum absolute atomic E-state index is 0.00337. The predicted molar refractivity (Wildman–Crippen MR) is 76.4 cm³/mol. The van der Waals surface area contributed by atoms with Crippen LogP contribution in [0.25, 0.3) is 0 Å². The van der Waals surface area contributed by atoms with Crippen LogP contribution < -0.4 is 5.32 Å². The lowest BCUT2D eigenvalue weighted by atomic mass is 10.1. The summed E-state index contributed by atoms with van der Waals surface area (Å²) in [6, 6.07) is 4.29. The third-order valence-electron chi connectivity index (χ3n) is 3.39. The minimum Gasteiger partial charge on any atom is -0.478 e. The second kappa shape index (κ2) is 5.82. The van der Waals surface area contributed by atoms with E-state index in [-0.39, 0.29) is 23.7 Å². The fourth-order valence-corrected chi connectivity index (χ4v) is 2.07. The number of benzene rings is 1. The summed E-state index contributed by atoms with van der Waals surface area (Å²) in [5, 5.41) is 11.7. The summed E-state index contributed by atoms with van der Waals surface area (Å²) in [5.74, 6) is -1.25. The monoisotopic (exact) mass is 291 g/mol. The van der Waals surface area contributed by atoms with Gasteiger partial charge >= 0.3 is 12.0 Å². The van der Waals surface area contributed by atoms with E-state index >= 15 is 0 Å². The first-order valence-electron chi connectivity index (χ1n) is 6.52. The summed E-state index contributed by atoms with van der Waals surface area (Å²) in [4.78, 5) is 37.8. The van der Waals surface area contributed by atoms with Crippen LogP contribution in [-0.2, 0) is 4.79 Å². The summed E-state index contributed by atoms with van der Waals surface area (Å²) >= 11 is 0. The molecule has 0 unspecified atom stereocenters. The molecule has 1 fully saturated rings. The topological polar surface area (TPSA) is 90.0 Å². The second-order valence-corrected chi connectivity index (χ2v) is 5.02. The molecule has 1 aliphatic heterocycles. The third kappa shape index (κ3) is 3.31. The van der Waals surface area contributed by atoms with Crippen molar-refractivity contribution < 1.29 is 19.5 Å². The van der Waals surface area contributed by atoms with Gasteiger partial charge in [-0.3, -0.25) is 4.79 Å². The minimum atomic E-state index is -1.11. The van der Waals surface area contributed by atoms with Gasteiger partial charge in [0.1, 0.15) is 6.54 Å². The normalized spacial score (nSPS) is 15.0. The zero-order valence-corrected chi connectivity index (χ0v) is 11.9. The number of carbonyl (C=O) groups is 3. The fourth-order valence-electron chi connectivity index (χ4n) is 2.07. The quantitative estimate of drug-likeness (QED) is 0.850. The summed E-state index contributed by atoms with van der Waals surface area (Å²) < 4.78 is 0. The molecule has 0 spiro atoms. The molecule has 0 aromatic heterocycles. The van der Waals surface area contributed by atoms with Gasteiger partial charge in [0.15, 0.2) is 0 Å². The van der Waals surface area contributed by atoms with Gasteiger partial charge < -0.3 is 20.2 Å². The molecule has 0 aliphatic carbocycles. The molecule has 1 aromatic carbocycles. The van der Waals surface area contributed by atoms with Crippen molar-refractivity contribution in [3.63, 3.8) is 0 Å². The Bertz CT molecular complexity index is 600. The van der Waals surface area contributed by atoms with Crippen molar-refractivity contribution in [3.8, 4) is 0 Å². The summed E-state index contributed by atoms with van der Waals surface area (Å²) in [6.07, 6.45) is 0. The molecule has 0 saturated carbocycles. The number of rotatable bonds is 2. The van der Waals surface area contributed by atoms with Crippen molar-refractivity contribution in [2.75, 3.05) is 32.0 Å². The number of likely N-dealkylation sites (N-methyl/N-ethyl adjacent to an activating group) is 1. The maximum Gasteiger partial charge on any atom is 0.337 e. The Morgan fingerprint density at radius 1 is 1.29 bits per heavy atom. The molecular formula is C14H17N3O4. The van der Waals surface area contributed by atoms with Gasteiger partial charge in [0, 0.05) is 20.1 Å². The molecule has 0 atom stereocenters. The van der Waals surface area contributed by atoms with Gasteiger partial charge in [-0.05, 0) is 19.1 Å². The number of carboxylic acids is 1. The molecule has 2 N–H and O–H groups in total. The first kappa shape index (κ1) is 14.8. The van der Waals surface area contributed by atoms with Gasteiger partial charge in [-0.1, -0.05) is 11.6 Å². The molecule has 1 aromatic rings. The molecule has 1 saturated heterocycles. The average Bonchev–Trinajstić information content (AvgIpc) is 2.43. The number of nitrogens with one attached hydrogen (secondary N) is 1. The Balaban J connectivity index is 2.13. The fraction of sp³-hybridized carbons (Fsp3) is 0.357. The van der Waals surface area contributed by atoms with Crippen LogP contribution in [0.4, 0.5) is 10.5 Å². The van der Waals surface area contributed by atoms with E-state index < -0.39 is 12.0 Å². The Hall–Kier alpha value is -2.57. The number of anilines is 1. The number of nitrogens with zero attached hydrogens (tertiary/aromatic N) is 2. The molecule has 0 bridgehead atoms. The van der Waals surface area contributed by atoms with Crippen molar-refractivity contribution in [1.82, 2.24) is 9.80 Å². The number of hydrogen-bond acceptors (Lipinski definition) is 3. The first-order valence-corrected chi connectivity index (χ1v) is 6.52. The number of piperazine rings is 1. The number of hydrogen-bond donors (Lipinski definition) is 2. The zero-order chi connectivity index (χ0) is 15.6. The number of urea groups is 1. The van der Waals surface area contributed by atoms with E-state index in [4.69, 9.17) is 5.11 Å². The van der Waals surface area contributed by atoms with Crippen molar-refractivity contribution >= 4 is 23.6 Å². The van der Waals surface area contributed by atoms with Crippen LogP contribution in [0.1, 0.15) is 15.9 Å².